The molecule has 0 atom stereocenters. The number of ether oxygens (including phenoxy) is 1. The third-order valence-corrected chi connectivity index (χ3v) is 5.40. The second kappa shape index (κ2) is 7.11. The fourth-order valence-corrected chi connectivity index (χ4v) is 3.58. The molecule has 0 aliphatic carbocycles. The SMILES string of the molecule is CN1CCCN(S(=O)(=O)CCOc2ccc(N)cc2)CC1. The van der Waals surface area contributed by atoms with Gasteiger partial charge in [-0.25, -0.2) is 12.7 Å². The molecule has 2 N–H and O–H groups in total. The Bertz CT molecular complexity index is 545. The molecular weight excluding hydrogens is 290 g/mol. The fourth-order valence-electron chi connectivity index (χ4n) is 2.26. The van der Waals surface area contributed by atoms with E-state index in [0.717, 1.165) is 19.5 Å². The highest BCUT2D eigenvalue weighted by molar-refractivity contribution is 7.89. The maximum Gasteiger partial charge on any atom is 0.217 e. The van der Waals surface area contributed by atoms with Crippen molar-refractivity contribution in [2.24, 2.45) is 0 Å². The average molecular weight is 313 g/mol. The number of likely N-dealkylation sites (N-methyl/N-ethyl adjacent to an activating group) is 1. The highest BCUT2D eigenvalue weighted by atomic mass is 32.2. The van der Waals surface area contributed by atoms with Crippen molar-refractivity contribution in [2.45, 2.75) is 6.42 Å². The van der Waals surface area contributed by atoms with Gasteiger partial charge in [0.2, 0.25) is 10.0 Å². The molecule has 0 bridgehead atoms. The first-order valence-electron chi connectivity index (χ1n) is 7.12. The van der Waals surface area contributed by atoms with E-state index in [4.69, 9.17) is 10.5 Å². The first kappa shape index (κ1) is 16.1. The van der Waals surface area contributed by atoms with Crippen LogP contribution in [0, 0.1) is 0 Å². The summed E-state index contributed by atoms with van der Waals surface area (Å²) in [5.41, 5.74) is 6.24. The Morgan fingerprint density at radius 1 is 1.14 bits per heavy atom. The van der Waals surface area contributed by atoms with Crippen molar-refractivity contribution in [2.75, 3.05) is 51.3 Å². The van der Waals surface area contributed by atoms with Crippen molar-refractivity contribution in [3.63, 3.8) is 0 Å². The van der Waals surface area contributed by atoms with E-state index >= 15 is 0 Å². The number of rotatable bonds is 5. The molecule has 0 radical (unpaired) electrons. The van der Waals surface area contributed by atoms with E-state index in [9.17, 15) is 8.42 Å². The summed E-state index contributed by atoms with van der Waals surface area (Å²) in [5.74, 6) is 0.635. The standard InChI is InChI=1S/C14H23N3O3S/c1-16-7-2-8-17(10-9-16)21(18,19)12-11-20-14-5-3-13(15)4-6-14/h3-6H,2,7-12,15H2,1H3. The third-order valence-electron chi connectivity index (χ3n) is 3.56. The van der Waals surface area contributed by atoms with Crippen molar-refractivity contribution < 1.29 is 13.2 Å². The van der Waals surface area contributed by atoms with Crippen molar-refractivity contribution >= 4 is 15.7 Å². The predicted octanol–water partition coefficient (Wildman–Crippen LogP) is 0.615. The lowest BCUT2D eigenvalue weighted by Gasteiger charge is -2.20. The molecule has 0 unspecified atom stereocenters. The Morgan fingerprint density at radius 2 is 1.86 bits per heavy atom. The summed E-state index contributed by atoms with van der Waals surface area (Å²) < 4.78 is 31.6. The molecule has 1 aromatic rings. The summed E-state index contributed by atoms with van der Waals surface area (Å²) in [5, 5.41) is 0. The van der Waals surface area contributed by atoms with Gasteiger partial charge in [-0.2, -0.15) is 0 Å². The Labute approximate surface area is 126 Å². The van der Waals surface area contributed by atoms with Gasteiger partial charge >= 0.3 is 0 Å². The first-order chi connectivity index (χ1) is 9.97. The van der Waals surface area contributed by atoms with Crippen LogP contribution < -0.4 is 10.5 Å². The number of benzene rings is 1. The summed E-state index contributed by atoms with van der Waals surface area (Å²) >= 11 is 0. The molecule has 0 spiro atoms. The van der Waals surface area contributed by atoms with Crippen LogP contribution in [0.5, 0.6) is 5.75 Å². The number of nitrogen functional groups attached to an aromatic ring is 1. The molecule has 0 aromatic heterocycles. The molecule has 0 amide bonds. The van der Waals surface area contributed by atoms with E-state index in [-0.39, 0.29) is 12.4 Å². The van der Waals surface area contributed by atoms with Gasteiger partial charge in [-0.05, 0) is 44.3 Å². The van der Waals surface area contributed by atoms with E-state index in [2.05, 4.69) is 4.90 Å². The molecule has 6 nitrogen and oxygen atoms in total. The van der Waals surface area contributed by atoms with Crippen LogP contribution in [-0.4, -0.2) is 63.2 Å². The van der Waals surface area contributed by atoms with E-state index in [0.29, 0.717) is 24.5 Å². The normalized spacial score (nSPS) is 18.3. The van der Waals surface area contributed by atoms with E-state index in [1.165, 1.54) is 0 Å². The summed E-state index contributed by atoms with van der Waals surface area (Å²) in [6.07, 6.45) is 0.870. The van der Waals surface area contributed by atoms with Crippen molar-refractivity contribution in [1.82, 2.24) is 9.21 Å². The van der Waals surface area contributed by atoms with Crippen LogP contribution in [0.25, 0.3) is 0 Å². The second-order valence-corrected chi connectivity index (χ2v) is 7.38. The van der Waals surface area contributed by atoms with Gasteiger partial charge in [-0.1, -0.05) is 0 Å². The highest BCUT2D eigenvalue weighted by Crippen LogP contribution is 2.14. The molecule has 1 aliphatic rings. The van der Waals surface area contributed by atoms with Crippen LogP contribution in [0.3, 0.4) is 0 Å². The molecular formula is C14H23N3O3S. The van der Waals surface area contributed by atoms with E-state index < -0.39 is 10.0 Å². The summed E-state index contributed by atoms with van der Waals surface area (Å²) in [6.45, 7) is 3.01. The summed E-state index contributed by atoms with van der Waals surface area (Å²) in [7, 11) is -1.24. The number of nitrogens with two attached hydrogens (primary N) is 1. The van der Waals surface area contributed by atoms with Crippen LogP contribution in [-0.2, 0) is 10.0 Å². The Kier molecular flexibility index (Phi) is 5.44. The van der Waals surface area contributed by atoms with Crippen LogP contribution >= 0.6 is 0 Å². The molecule has 7 heteroatoms. The minimum atomic E-state index is -3.25. The molecule has 1 aromatic carbocycles. The Hall–Kier alpha value is -1.31. The largest absolute Gasteiger partial charge is 0.492 e. The lowest BCUT2D eigenvalue weighted by Crippen LogP contribution is -2.37. The van der Waals surface area contributed by atoms with Gasteiger partial charge in [0.1, 0.15) is 12.4 Å². The molecule has 21 heavy (non-hydrogen) atoms. The predicted molar refractivity (Wildman–Crippen MR) is 83.8 cm³/mol. The van der Waals surface area contributed by atoms with Gasteiger partial charge in [0.05, 0.1) is 5.75 Å². The molecule has 1 saturated heterocycles. The molecule has 118 valence electrons. The average Bonchev–Trinajstić information content (AvgIpc) is 2.66. The minimum absolute atomic E-state index is 0.00108. The zero-order chi connectivity index (χ0) is 15.3. The van der Waals surface area contributed by atoms with E-state index in [1.807, 2.05) is 7.05 Å². The Morgan fingerprint density at radius 3 is 2.57 bits per heavy atom. The monoisotopic (exact) mass is 313 g/mol. The fraction of sp³-hybridized carbons (Fsp3) is 0.571. The highest BCUT2D eigenvalue weighted by Gasteiger charge is 2.24. The van der Waals surface area contributed by atoms with Crippen LogP contribution in [0.2, 0.25) is 0 Å². The number of hydrogen-bond donors (Lipinski definition) is 1. The van der Waals surface area contributed by atoms with Gasteiger partial charge < -0.3 is 15.4 Å². The molecule has 1 aliphatic heterocycles. The first-order valence-corrected chi connectivity index (χ1v) is 8.73. The lowest BCUT2D eigenvalue weighted by molar-refractivity contribution is 0.331. The van der Waals surface area contributed by atoms with Crippen molar-refractivity contribution in [3.05, 3.63) is 24.3 Å². The van der Waals surface area contributed by atoms with Gasteiger partial charge in [-0.3, -0.25) is 0 Å². The maximum absolute atomic E-state index is 12.3. The number of anilines is 1. The summed E-state index contributed by atoms with van der Waals surface area (Å²) in [4.78, 5) is 2.15. The van der Waals surface area contributed by atoms with Gasteiger partial charge in [0.15, 0.2) is 0 Å². The number of sulfonamides is 1. The maximum atomic E-state index is 12.3. The van der Waals surface area contributed by atoms with Crippen LogP contribution in [0.4, 0.5) is 5.69 Å². The number of nitrogens with zero attached hydrogens (tertiary/aromatic N) is 2. The van der Waals surface area contributed by atoms with Crippen LogP contribution in [0.15, 0.2) is 24.3 Å². The summed E-state index contributed by atoms with van der Waals surface area (Å²) in [6, 6.07) is 6.94. The zero-order valence-corrected chi connectivity index (χ0v) is 13.2. The third kappa shape index (κ3) is 4.87. The molecule has 1 fully saturated rings. The van der Waals surface area contributed by atoms with Crippen molar-refractivity contribution in [3.8, 4) is 5.75 Å². The molecule has 2 rings (SSSR count). The van der Waals surface area contributed by atoms with Crippen molar-refractivity contribution in [1.29, 1.82) is 0 Å². The van der Waals surface area contributed by atoms with Gasteiger partial charge in [0.25, 0.3) is 0 Å². The zero-order valence-electron chi connectivity index (χ0n) is 12.4. The van der Waals surface area contributed by atoms with Crippen LogP contribution in [0.1, 0.15) is 6.42 Å². The van der Waals surface area contributed by atoms with Gasteiger partial charge in [0, 0.05) is 25.3 Å². The number of hydrogen-bond acceptors (Lipinski definition) is 5. The molecule has 0 saturated carbocycles. The Balaban J connectivity index is 1.84. The second-order valence-electron chi connectivity index (χ2n) is 5.29. The smallest absolute Gasteiger partial charge is 0.217 e. The quantitative estimate of drug-likeness (QED) is 0.806. The van der Waals surface area contributed by atoms with E-state index in [1.54, 1.807) is 28.6 Å². The lowest BCUT2D eigenvalue weighted by atomic mass is 10.3. The van der Waals surface area contributed by atoms with Gasteiger partial charge in [-0.15, -0.1) is 0 Å². The topological polar surface area (TPSA) is 75.9 Å². The molecule has 1 heterocycles. The minimum Gasteiger partial charge on any atom is -0.492 e.